The highest BCUT2D eigenvalue weighted by atomic mass is 16.5. The highest BCUT2D eigenvalue weighted by molar-refractivity contribution is 6.14. The van der Waals surface area contributed by atoms with Crippen molar-refractivity contribution in [3.63, 3.8) is 0 Å². The summed E-state index contributed by atoms with van der Waals surface area (Å²) in [5.74, 6) is 0.739. The fourth-order valence-electron chi connectivity index (χ4n) is 3.02. The average molecular weight is 358 g/mol. The molecule has 1 N–H and O–H groups in total. The van der Waals surface area contributed by atoms with Gasteiger partial charge in [0.1, 0.15) is 5.75 Å². The Kier molecular flexibility index (Phi) is 4.30. The van der Waals surface area contributed by atoms with Crippen molar-refractivity contribution in [3.05, 3.63) is 67.0 Å². The molecule has 4 rings (SSSR count). The zero-order chi connectivity index (χ0) is 18.8. The van der Waals surface area contributed by atoms with Crippen molar-refractivity contribution in [1.29, 1.82) is 0 Å². The van der Waals surface area contributed by atoms with E-state index in [9.17, 15) is 4.79 Å². The van der Waals surface area contributed by atoms with Crippen molar-refractivity contribution in [2.24, 2.45) is 0 Å². The molecule has 0 atom stereocenters. The van der Waals surface area contributed by atoms with E-state index in [1.165, 1.54) is 4.90 Å². The van der Waals surface area contributed by atoms with E-state index in [2.05, 4.69) is 15.3 Å². The van der Waals surface area contributed by atoms with Gasteiger partial charge in [-0.05, 0) is 42.5 Å². The minimum Gasteiger partial charge on any atom is -0.497 e. The first-order chi connectivity index (χ1) is 13.2. The molecule has 0 aliphatic rings. The monoisotopic (exact) mass is 358 g/mol. The SMILES string of the molecule is COc1ccc(N(C)C(=O)Nc2cc3ncccc3c3cccnc23)cc1. The summed E-state index contributed by atoms with van der Waals surface area (Å²) in [6.07, 6.45) is 3.45. The summed E-state index contributed by atoms with van der Waals surface area (Å²) in [6.45, 7) is 0. The molecule has 0 spiro atoms. The van der Waals surface area contributed by atoms with Crippen LogP contribution in [0, 0.1) is 0 Å². The van der Waals surface area contributed by atoms with E-state index in [0.29, 0.717) is 5.69 Å². The van der Waals surface area contributed by atoms with Gasteiger partial charge in [0.15, 0.2) is 0 Å². The molecule has 0 fully saturated rings. The van der Waals surface area contributed by atoms with Crippen LogP contribution in [0.4, 0.5) is 16.2 Å². The molecule has 0 aliphatic heterocycles. The summed E-state index contributed by atoms with van der Waals surface area (Å²) in [4.78, 5) is 23.2. The lowest BCUT2D eigenvalue weighted by molar-refractivity contribution is 0.258. The molecule has 0 saturated carbocycles. The van der Waals surface area contributed by atoms with Gasteiger partial charge in [-0.15, -0.1) is 0 Å². The van der Waals surface area contributed by atoms with Crippen LogP contribution in [0.1, 0.15) is 0 Å². The standard InChI is InChI=1S/C21H18N4O2/c1-25(14-7-9-15(27-2)10-8-14)21(26)24-19-13-18-16(5-3-11-22-18)17-6-4-12-23-20(17)19/h3-13H,1-2H3,(H,24,26). The topological polar surface area (TPSA) is 67.3 Å². The number of hydrogen-bond acceptors (Lipinski definition) is 4. The minimum absolute atomic E-state index is 0.262. The second kappa shape index (κ2) is 6.92. The Balaban J connectivity index is 1.70. The number of ether oxygens (including phenoxy) is 1. The fourth-order valence-corrected chi connectivity index (χ4v) is 3.02. The number of carbonyl (C=O) groups is 1. The summed E-state index contributed by atoms with van der Waals surface area (Å²) < 4.78 is 5.16. The van der Waals surface area contributed by atoms with Gasteiger partial charge in [-0.2, -0.15) is 0 Å². The van der Waals surface area contributed by atoms with Crippen molar-refractivity contribution in [3.8, 4) is 5.75 Å². The maximum absolute atomic E-state index is 12.8. The first-order valence-electron chi connectivity index (χ1n) is 8.48. The van der Waals surface area contributed by atoms with Gasteiger partial charge >= 0.3 is 6.03 Å². The highest BCUT2D eigenvalue weighted by Gasteiger charge is 2.15. The van der Waals surface area contributed by atoms with Gasteiger partial charge in [-0.1, -0.05) is 12.1 Å². The molecule has 2 aromatic heterocycles. The number of nitrogens with zero attached hydrogens (tertiary/aromatic N) is 3. The van der Waals surface area contributed by atoms with Gasteiger partial charge < -0.3 is 10.1 Å². The molecular weight excluding hydrogens is 340 g/mol. The number of amides is 2. The second-order valence-corrected chi connectivity index (χ2v) is 6.08. The van der Waals surface area contributed by atoms with E-state index in [1.807, 2.05) is 54.6 Å². The van der Waals surface area contributed by atoms with Gasteiger partial charge in [0.05, 0.1) is 23.8 Å². The van der Waals surface area contributed by atoms with E-state index in [1.54, 1.807) is 26.6 Å². The van der Waals surface area contributed by atoms with Gasteiger partial charge in [0, 0.05) is 35.9 Å². The summed E-state index contributed by atoms with van der Waals surface area (Å²) in [5.41, 5.74) is 2.92. The Hall–Kier alpha value is -3.67. The number of methoxy groups -OCH3 is 1. The molecule has 2 aromatic carbocycles. The van der Waals surface area contributed by atoms with Gasteiger partial charge in [-0.3, -0.25) is 14.9 Å². The summed E-state index contributed by atoms with van der Waals surface area (Å²) in [5, 5.41) is 4.91. The lowest BCUT2D eigenvalue weighted by Gasteiger charge is -2.19. The fraction of sp³-hybridized carbons (Fsp3) is 0.0952. The van der Waals surface area contributed by atoms with E-state index < -0.39 is 0 Å². The largest absolute Gasteiger partial charge is 0.497 e. The highest BCUT2D eigenvalue weighted by Crippen LogP contribution is 2.29. The van der Waals surface area contributed by atoms with Crippen LogP contribution in [0.5, 0.6) is 5.75 Å². The van der Waals surface area contributed by atoms with Crippen molar-refractivity contribution in [2.45, 2.75) is 0 Å². The van der Waals surface area contributed by atoms with E-state index >= 15 is 0 Å². The predicted octanol–water partition coefficient (Wildman–Crippen LogP) is 4.46. The number of hydrogen-bond donors (Lipinski definition) is 1. The van der Waals surface area contributed by atoms with Crippen LogP contribution in [-0.2, 0) is 0 Å². The molecule has 0 aliphatic carbocycles. The molecule has 0 unspecified atom stereocenters. The van der Waals surface area contributed by atoms with Crippen molar-refractivity contribution in [2.75, 3.05) is 24.4 Å². The molecule has 134 valence electrons. The summed E-state index contributed by atoms with van der Waals surface area (Å²) in [6, 6.07) is 16.6. The number of pyridine rings is 2. The maximum Gasteiger partial charge on any atom is 0.326 e. The van der Waals surface area contributed by atoms with Crippen LogP contribution in [0.2, 0.25) is 0 Å². The number of rotatable bonds is 3. The lowest BCUT2D eigenvalue weighted by Crippen LogP contribution is -2.31. The predicted molar refractivity (Wildman–Crippen MR) is 107 cm³/mol. The first kappa shape index (κ1) is 16.8. The van der Waals surface area contributed by atoms with Crippen molar-refractivity contribution in [1.82, 2.24) is 9.97 Å². The van der Waals surface area contributed by atoms with Crippen LogP contribution >= 0.6 is 0 Å². The third kappa shape index (κ3) is 3.13. The number of aromatic nitrogens is 2. The summed E-state index contributed by atoms with van der Waals surface area (Å²) in [7, 11) is 3.32. The molecule has 2 heterocycles. The zero-order valence-electron chi connectivity index (χ0n) is 15.0. The van der Waals surface area contributed by atoms with E-state index in [0.717, 1.165) is 33.2 Å². The Bertz CT molecular complexity index is 1130. The summed E-state index contributed by atoms with van der Waals surface area (Å²) >= 11 is 0. The van der Waals surface area contributed by atoms with Crippen LogP contribution in [-0.4, -0.2) is 30.2 Å². The molecule has 0 saturated heterocycles. The molecule has 2 amide bonds. The molecule has 6 nitrogen and oxygen atoms in total. The lowest BCUT2D eigenvalue weighted by atomic mass is 10.1. The van der Waals surface area contributed by atoms with Crippen LogP contribution in [0.15, 0.2) is 67.0 Å². The smallest absolute Gasteiger partial charge is 0.326 e. The molecule has 4 aromatic rings. The molecule has 27 heavy (non-hydrogen) atoms. The number of benzene rings is 2. The third-order valence-corrected chi connectivity index (χ3v) is 4.48. The normalized spacial score (nSPS) is 10.7. The van der Waals surface area contributed by atoms with Gasteiger partial charge in [0.25, 0.3) is 0 Å². The molecule has 6 heteroatoms. The second-order valence-electron chi connectivity index (χ2n) is 6.08. The number of urea groups is 1. The first-order valence-corrected chi connectivity index (χ1v) is 8.48. The number of anilines is 2. The van der Waals surface area contributed by atoms with Crippen molar-refractivity contribution < 1.29 is 9.53 Å². The number of fused-ring (bicyclic) bond motifs is 3. The maximum atomic E-state index is 12.8. The van der Waals surface area contributed by atoms with Gasteiger partial charge in [0.2, 0.25) is 0 Å². The third-order valence-electron chi connectivity index (χ3n) is 4.48. The Morgan fingerprint density at radius 3 is 2.44 bits per heavy atom. The number of carbonyl (C=O) groups excluding carboxylic acids is 1. The molecule has 0 radical (unpaired) electrons. The van der Waals surface area contributed by atoms with Crippen LogP contribution < -0.4 is 15.0 Å². The Morgan fingerprint density at radius 1 is 1.00 bits per heavy atom. The average Bonchev–Trinajstić information content (AvgIpc) is 2.73. The quantitative estimate of drug-likeness (QED) is 0.549. The Morgan fingerprint density at radius 2 is 1.70 bits per heavy atom. The van der Waals surface area contributed by atoms with Crippen LogP contribution in [0.25, 0.3) is 21.8 Å². The molecule has 0 bridgehead atoms. The Labute approximate surface area is 156 Å². The zero-order valence-corrected chi connectivity index (χ0v) is 15.0. The van der Waals surface area contributed by atoms with E-state index in [-0.39, 0.29) is 6.03 Å². The molecular formula is C21H18N4O2. The van der Waals surface area contributed by atoms with E-state index in [4.69, 9.17) is 4.74 Å². The minimum atomic E-state index is -0.262. The van der Waals surface area contributed by atoms with Gasteiger partial charge in [-0.25, -0.2) is 4.79 Å². The number of nitrogens with one attached hydrogen (secondary N) is 1. The van der Waals surface area contributed by atoms with Crippen molar-refractivity contribution >= 4 is 39.2 Å². The van der Waals surface area contributed by atoms with Crippen LogP contribution in [0.3, 0.4) is 0 Å².